The molecule has 0 radical (unpaired) electrons. The lowest BCUT2D eigenvalue weighted by atomic mass is 9.89. The van der Waals surface area contributed by atoms with E-state index in [0.717, 1.165) is 24.8 Å². The van der Waals surface area contributed by atoms with Crippen molar-refractivity contribution in [2.24, 2.45) is 5.92 Å². The number of carbonyl (C=O) groups is 1. The Labute approximate surface area is 164 Å². The summed E-state index contributed by atoms with van der Waals surface area (Å²) in [5, 5.41) is 0.984. The van der Waals surface area contributed by atoms with E-state index in [1.165, 1.54) is 23.2 Å². The van der Waals surface area contributed by atoms with Crippen LogP contribution in [0.1, 0.15) is 53.0 Å². The highest BCUT2D eigenvalue weighted by atomic mass is 35.5. The Kier molecular flexibility index (Phi) is 4.74. The molecule has 0 fully saturated rings. The summed E-state index contributed by atoms with van der Waals surface area (Å²) in [5.41, 5.74) is 1.25. The number of hydrogen-bond acceptors (Lipinski definition) is 6. The van der Waals surface area contributed by atoms with Crippen molar-refractivity contribution < 1.29 is 9.53 Å². The molecule has 0 aromatic carbocycles. The average molecular weight is 404 g/mol. The lowest BCUT2D eigenvalue weighted by molar-refractivity contribution is 0.0319. The Bertz CT molecular complexity index is 1070. The minimum absolute atomic E-state index is 0.168. The van der Waals surface area contributed by atoms with Gasteiger partial charge in [-0.3, -0.25) is 4.79 Å². The Hall–Kier alpha value is -2.25. The second-order valence-electron chi connectivity index (χ2n) is 6.90. The molecule has 0 spiro atoms. The standard InChI is InChI=1S/C19H18ClN3O3S/c1-9-3-5-12-13(7-9)27-18-15(12)17(24)22-16(23-18)10(2)26-19(25)11-4-6-14(20)21-8-11/h4,6,8-10H,3,5,7H2,1-2H3,(H,22,23,24)/t9-,10+/m1/s1. The van der Waals surface area contributed by atoms with E-state index in [-0.39, 0.29) is 11.1 Å². The number of nitrogens with zero attached hydrogens (tertiary/aromatic N) is 2. The van der Waals surface area contributed by atoms with Crippen LogP contribution in [-0.4, -0.2) is 20.9 Å². The quantitative estimate of drug-likeness (QED) is 0.526. The van der Waals surface area contributed by atoms with E-state index in [9.17, 15) is 9.59 Å². The van der Waals surface area contributed by atoms with Gasteiger partial charge in [0.05, 0.1) is 10.9 Å². The Morgan fingerprint density at radius 2 is 2.26 bits per heavy atom. The van der Waals surface area contributed by atoms with Crippen LogP contribution < -0.4 is 5.56 Å². The first-order valence-corrected chi connectivity index (χ1v) is 9.99. The van der Waals surface area contributed by atoms with Gasteiger partial charge >= 0.3 is 5.97 Å². The van der Waals surface area contributed by atoms with Gasteiger partial charge in [0.1, 0.15) is 9.98 Å². The number of thiophene rings is 1. The molecule has 27 heavy (non-hydrogen) atoms. The third kappa shape index (κ3) is 3.49. The number of rotatable bonds is 3. The van der Waals surface area contributed by atoms with Crippen LogP contribution in [0.4, 0.5) is 0 Å². The van der Waals surface area contributed by atoms with Crippen LogP contribution in [0.5, 0.6) is 0 Å². The zero-order valence-electron chi connectivity index (χ0n) is 14.9. The average Bonchev–Trinajstić information content (AvgIpc) is 2.99. The second kappa shape index (κ2) is 7.05. The number of pyridine rings is 1. The zero-order valence-corrected chi connectivity index (χ0v) is 16.5. The van der Waals surface area contributed by atoms with Crippen molar-refractivity contribution in [1.29, 1.82) is 0 Å². The van der Waals surface area contributed by atoms with Crippen molar-refractivity contribution in [3.05, 3.63) is 55.7 Å². The highest BCUT2D eigenvalue weighted by Crippen LogP contribution is 2.36. The van der Waals surface area contributed by atoms with Crippen molar-refractivity contribution in [3.8, 4) is 0 Å². The number of aromatic nitrogens is 3. The smallest absolute Gasteiger partial charge is 0.340 e. The summed E-state index contributed by atoms with van der Waals surface area (Å²) in [4.78, 5) is 38.1. The number of halogens is 1. The van der Waals surface area contributed by atoms with E-state index in [2.05, 4.69) is 21.9 Å². The molecule has 3 aromatic rings. The fraction of sp³-hybridized carbons (Fsp3) is 0.368. The predicted molar refractivity (Wildman–Crippen MR) is 105 cm³/mol. The molecule has 3 aromatic heterocycles. The van der Waals surface area contributed by atoms with Crippen molar-refractivity contribution in [2.45, 2.75) is 39.2 Å². The topological polar surface area (TPSA) is 84.9 Å². The molecular formula is C19H18ClN3O3S. The van der Waals surface area contributed by atoms with E-state index >= 15 is 0 Å². The lowest BCUT2D eigenvalue weighted by Gasteiger charge is -2.17. The molecule has 0 saturated carbocycles. The number of H-pyrrole nitrogens is 1. The van der Waals surface area contributed by atoms with E-state index in [1.54, 1.807) is 18.3 Å². The highest BCUT2D eigenvalue weighted by Gasteiger charge is 2.24. The van der Waals surface area contributed by atoms with E-state index in [0.29, 0.717) is 27.1 Å². The third-order valence-electron chi connectivity index (χ3n) is 4.82. The van der Waals surface area contributed by atoms with Gasteiger partial charge in [-0.2, -0.15) is 0 Å². The fourth-order valence-corrected chi connectivity index (χ4v) is 4.84. The minimum atomic E-state index is -0.691. The van der Waals surface area contributed by atoms with Gasteiger partial charge in [0.25, 0.3) is 5.56 Å². The van der Waals surface area contributed by atoms with Gasteiger partial charge in [0, 0.05) is 11.1 Å². The Morgan fingerprint density at radius 1 is 1.44 bits per heavy atom. The van der Waals surface area contributed by atoms with Gasteiger partial charge in [-0.25, -0.2) is 14.8 Å². The Balaban J connectivity index is 1.62. The molecule has 6 nitrogen and oxygen atoms in total. The molecule has 4 rings (SSSR count). The van der Waals surface area contributed by atoms with E-state index in [4.69, 9.17) is 16.3 Å². The van der Waals surface area contributed by atoms with Crippen LogP contribution in [0.15, 0.2) is 23.1 Å². The Morgan fingerprint density at radius 3 is 3.00 bits per heavy atom. The van der Waals surface area contributed by atoms with Gasteiger partial charge in [0.15, 0.2) is 11.9 Å². The molecule has 3 heterocycles. The van der Waals surface area contributed by atoms with Crippen molar-refractivity contribution in [2.75, 3.05) is 0 Å². The summed E-state index contributed by atoms with van der Waals surface area (Å²) in [6, 6.07) is 3.06. The summed E-state index contributed by atoms with van der Waals surface area (Å²) in [6.07, 6.45) is 3.64. The minimum Gasteiger partial charge on any atom is -0.451 e. The number of esters is 1. The first-order chi connectivity index (χ1) is 12.9. The number of aromatic amines is 1. The zero-order chi connectivity index (χ0) is 19.1. The molecule has 1 N–H and O–H groups in total. The maximum Gasteiger partial charge on any atom is 0.340 e. The largest absolute Gasteiger partial charge is 0.451 e. The lowest BCUT2D eigenvalue weighted by Crippen LogP contribution is -2.18. The number of hydrogen-bond donors (Lipinski definition) is 1. The molecule has 8 heteroatoms. The molecule has 2 atom stereocenters. The van der Waals surface area contributed by atoms with Crippen LogP contribution in [0.2, 0.25) is 5.15 Å². The molecule has 1 aliphatic rings. The summed E-state index contributed by atoms with van der Waals surface area (Å²) < 4.78 is 5.44. The SMILES string of the molecule is C[C@@H]1CCc2c(sc3nc([C@H](C)OC(=O)c4ccc(Cl)nc4)[nH]c(=O)c23)C1. The number of fused-ring (bicyclic) bond motifs is 3. The van der Waals surface area contributed by atoms with Gasteiger partial charge in [-0.1, -0.05) is 18.5 Å². The summed E-state index contributed by atoms with van der Waals surface area (Å²) in [5.74, 6) is 0.417. The van der Waals surface area contributed by atoms with Crippen LogP contribution in [0.3, 0.4) is 0 Å². The maximum atomic E-state index is 12.7. The van der Waals surface area contributed by atoms with Crippen molar-refractivity contribution >= 4 is 39.1 Å². The first kappa shape index (κ1) is 18.1. The van der Waals surface area contributed by atoms with Crippen molar-refractivity contribution in [3.63, 3.8) is 0 Å². The van der Waals surface area contributed by atoms with Crippen LogP contribution in [0, 0.1) is 5.92 Å². The van der Waals surface area contributed by atoms with Gasteiger partial charge < -0.3 is 9.72 Å². The summed E-state index contributed by atoms with van der Waals surface area (Å²) in [7, 11) is 0. The molecule has 140 valence electrons. The molecular weight excluding hydrogens is 386 g/mol. The molecule has 0 aliphatic heterocycles. The van der Waals surface area contributed by atoms with Gasteiger partial charge in [-0.15, -0.1) is 11.3 Å². The third-order valence-corrected chi connectivity index (χ3v) is 6.19. The summed E-state index contributed by atoms with van der Waals surface area (Å²) >= 11 is 7.30. The molecule has 0 amide bonds. The molecule has 1 aliphatic carbocycles. The van der Waals surface area contributed by atoms with E-state index in [1.807, 2.05) is 0 Å². The van der Waals surface area contributed by atoms with Crippen LogP contribution in [0.25, 0.3) is 10.2 Å². The van der Waals surface area contributed by atoms with Gasteiger partial charge in [-0.05, 0) is 49.8 Å². The second-order valence-corrected chi connectivity index (χ2v) is 8.37. The maximum absolute atomic E-state index is 12.7. The first-order valence-electron chi connectivity index (χ1n) is 8.79. The van der Waals surface area contributed by atoms with Gasteiger partial charge in [0.2, 0.25) is 0 Å². The predicted octanol–water partition coefficient (Wildman–Crippen LogP) is 4.08. The van der Waals surface area contributed by atoms with Crippen molar-refractivity contribution in [1.82, 2.24) is 15.0 Å². The van der Waals surface area contributed by atoms with Crippen LogP contribution in [-0.2, 0) is 17.6 Å². The van der Waals surface area contributed by atoms with Crippen LogP contribution >= 0.6 is 22.9 Å². The highest BCUT2D eigenvalue weighted by molar-refractivity contribution is 7.18. The molecule has 0 bridgehead atoms. The molecule has 0 saturated heterocycles. The summed E-state index contributed by atoms with van der Waals surface area (Å²) in [6.45, 7) is 3.91. The monoisotopic (exact) mass is 403 g/mol. The fourth-order valence-electron chi connectivity index (χ4n) is 3.34. The molecule has 0 unspecified atom stereocenters. The normalized spacial score (nSPS) is 17.5. The number of nitrogens with one attached hydrogen (secondary N) is 1. The number of ether oxygens (including phenoxy) is 1. The van der Waals surface area contributed by atoms with E-state index < -0.39 is 12.1 Å². The number of aryl methyl sites for hydroxylation is 1. The number of carbonyl (C=O) groups excluding carboxylic acids is 1.